The zero-order chi connectivity index (χ0) is 12.8. The summed E-state index contributed by atoms with van der Waals surface area (Å²) in [5.74, 6) is 1.06. The molecule has 1 saturated carbocycles. The van der Waals surface area contributed by atoms with Gasteiger partial charge in [0.1, 0.15) is 12.4 Å². The van der Waals surface area contributed by atoms with E-state index in [-0.39, 0.29) is 0 Å². The maximum Gasteiger partial charge on any atom is 0.124 e. The van der Waals surface area contributed by atoms with E-state index in [9.17, 15) is 0 Å². The second-order valence-electron chi connectivity index (χ2n) is 6.28. The van der Waals surface area contributed by atoms with Gasteiger partial charge in [0.25, 0.3) is 0 Å². The Labute approximate surface area is 114 Å². The molecule has 4 rings (SSSR count). The third-order valence-corrected chi connectivity index (χ3v) is 4.78. The highest BCUT2D eigenvalue weighted by Gasteiger charge is 2.39. The van der Waals surface area contributed by atoms with E-state index in [1.165, 1.54) is 31.4 Å². The fourth-order valence-electron chi connectivity index (χ4n) is 3.68. The number of nitrogens with zero attached hydrogens (tertiary/aromatic N) is 1. The summed E-state index contributed by atoms with van der Waals surface area (Å²) in [7, 11) is 0. The highest BCUT2D eigenvalue weighted by Crippen LogP contribution is 2.36. The summed E-state index contributed by atoms with van der Waals surface area (Å²) < 4.78 is 5.76. The first-order valence-corrected chi connectivity index (χ1v) is 7.55. The van der Waals surface area contributed by atoms with Crippen LogP contribution in [0.5, 0.6) is 5.75 Å². The van der Waals surface area contributed by atoms with Crippen molar-refractivity contribution in [2.75, 3.05) is 13.2 Å². The van der Waals surface area contributed by atoms with Gasteiger partial charge in [-0.05, 0) is 32.3 Å². The third kappa shape index (κ3) is 2.15. The molecule has 1 aromatic carbocycles. The van der Waals surface area contributed by atoms with Crippen LogP contribution in [0.3, 0.4) is 0 Å². The van der Waals surface area contributed by atoms with Gasteiger partial charge in [0.15, 0.2) is 0 Å². The van der Waals surface area contributed by atoms with E-state index < -0.39 is 0 Å². The fraction of sp³-hybridized carbons (Fsp3) is 0.625. The van der Waals surface area contributed by atoms with Crippen molar-refractivity contribution in [2.45, 2.75) is 50.4 Å². The maximum atomic E-state index is 5.76. The molecule has 0 bridgehead atoms. The molecule has 0 amide bonds. The Morgan fingerprint density at radius 1 is 1.26 bits per heavy atom. The van der Waals surface area contributed by atoms with E-state index in [2.05, 4.69) is 35.3 Å². The summed E-state index contributed by atoms with van der Waals surface area (Å²) in [6, 6.07) is 11.0. The van der Waals surface area contributed by atoms with Crippen LogP contribution < -0.4 is 10.1 Å². The third-order valence-electron chi connectivity index (χ3n) is 4.78. The largest absolute Gasteiger partial charge is 0.491 e. The number of ether oxygens (including phenoxy) is 1. The number of benzene rings is 1. The molecule has 0 radical (unpaired) electrons. The highest BCUT2D eigenvalue weighted by molar-refractivity contribution is 5.39. The molecular formula is C16H22N2O. The lowest BCUT2D eigenvalue weighted by Gasteiger charge is -2.20. The van der Waals surface area contributed by atoms with Crippen molar-refractivity contribution in [2.24, 2.45) is 0 Å². The summed E-state index contributed by atoms with van der Waals surface area (Å²) in [5.41, 5.74) is 1.33. The Balaban J connectivity index is 1.43. The molecular weight excluding hydrogens is 236 g/mol. The number of fused-ring (bicyclic) bond motifs is 1. The Morgan fingerprint density at radius 3 is 2.95 bits per heavy atom. The average molecular weight is 258 g/mol. The Morgan fingerprint density at radius 2 is 2.11 bits per heavy atom. The van der Waals surface area contributed by atoms with Gasteiger partial charge in [-0.3, -0.25) is 4.90 Å². The van der Waals surface area contributed by atoms with E-state index >= 15 is 0 Å². The minimum atomic E-state index is 0.382. The molecule has 3 heteroatoms. The first kappa shape index (κ1) is 11.7. The summed E-state index contributed by atoms with van der Waals surface area (Å²) in [6.45, 7) is 4.37. The molecule has 3 nitrogen and oxygen atoms in total. The summed E-state index contributed by atoms with van der Waals surface area (Å²) in [5, 5.41) is 3.81. The lowest BCUT2D eigenvalue weighted by molar-refractivity contribution is 0.251. The van der Waals surface area contributed by atoms with E-state index in [0.29, 0.717) is 12.1 Å². The van der Waals surface area contributed by atoms with Crippen molar-refractivity contribution >= 4 is 0 Å². The van der Waals surface area contributed by atoms with Gasteiger partial charge < -0.3 is 10.1 Å². The summed E-state index contributed by atoms with van der Waals surface area (Å²) in [6.07, 6.45) is 4.09. The van der Waals surface area contributed by atoms with Crippen LogP contribution >= 0.6 is 0 Å². The number of nitrogens with one attached hydrogen (secondary N) is 1. The number of hydrogen-bond acceptors (Lipinski definition) is 3. The molecule has 1 aliphatic carbocycles. The van der Waals surface area contributed by atoms with Gasteiger partial charge in [-0.15, -0.1) is 0 Å². The van der Waals surface area contributed by atoms with Gasteiger partial charge >= 0.3 is 0 Å². The predicted molar refractivity (Wildman–Crippen MR) is 75.4 cm³/mol. The molecule has 1 N–H and O–H groups in total. The molecule has 1 saturated heterocycles. The Kier molecular flexibility index (Phi) is 2.78. The number of rotatable bonds is 3. The molecule has 3 unspecified atom stereocenters. The predicted octanol–water partition coefficient (Wildman–Crippen LogP) is 2.33. The molecule has 0 spiro atoms. The van der Waals surface area contributed by atoms with E-state index in [1.54, 1.807) is 0 Å². The zero-order valence-electron chi connectivity index (χ0n) is 11.5. The van der Waals surface area contributed by atoms with Crippen LogP contribution in [0.4, 0.5) is 0 Å². The highest BCUT2D eigenvalue weighted by atomic mass is 16.5. The summed E-state index contributed by atoms with van der Waals surface area (Å²) >= 11 is 0. The molecule has 2 heterocycles. The van der Waals surface area contributed by atoms with Gasteiger partial charge in [0.05, 0.1) is 6.04 Å². The average Bonchev–Trinajstić information content (AvgIpc) is 3.09. The van der Waals surface area contributed by atoms with E-state index in [0.717, 1.165) is 24.4 Å². The maximum absolute atomic E-state index is 5.76. The van der Waals surface area contributed by atoms with Crippen molar-refractivity contribution in [3.63, 3.8) is 0 Å². The van der Waals surface area contributed by atoms with Crippen molar-refractivity contribution in [3.8, 4) is 5.75 Å². The van der Waals surface area contributed by atoms with Crippen molar-refractivity contribution in [1.82, 2.24) is 10.2 Å². The number of likely N-dealkylation sites (tertiary alicyclic amines) is 1. The van der Waals surface area contributed by atoms with E-state index in [4.69, 9.17) is 4.74 Å². The van der Waals surface area contributed by atoms with Crippen LogP contribution in [0, 0.1) is 0 Å². The lowest BCUT2D eigenvalue weighted by atomic mass is 10.1. The Hall–Kier alpha value is -1.06. The molecule has 3 aliphatic rings. The SMILES string of the molecule is CC1CC(NC2COc3ccccc32)CN1C1CC1. The first-order chi connectivity index (χ1) is 9.31. The second-order valence-corrected chi connectivity index (χ2v) is 6.28. The first-order valence-electron chi connectivity index (χ1n) is 7.55. The van der Waals surface area contributed by atoms with Crippen molar-refractivity contribution < 1.29 is 4.74 Å². The van der Waals surface area contributed by atoms with Crippen LogP contribution in [0.2, 0.25) is 0 Å². The molecule has 2 fully saturated rings. The topological polar surface area (TPSA) is 24.5 Å². The minimum absolute atomic E-state index is 0.382. The monoisotopic (exact) mass is 258 g/mol. The van der Waals surface area contributed by atoms with Crippen LogP contribution in [0.25, 0.3) is 0 Å². The number of hydrogen-bond donors (Lipinski definition) is 1. The molecule has 19 heavy (non-hydrogen) atoms. The fourth-order valence-corrected chi connectivity index (χ4v) is 3.68. The summed E-state index contributed by atoms with van der Waals surface area (Å²) in [4.78, 5) is 2.69. The zero-order valence-corrected chi connectivity index (χ0v) is 11.5. The van der Waals surface area contributed by atoms with Gasteiger partial charge in [-0.25, -0.2) is 0 Å². The molecule has 3 atom stereocenters. The Bertz CT molecular complexity index is 472. The van der Waals surface area contributed by atoms with Crippen molar-refractivity contribution in [1.29, 1.82) is 0 Å². The van der Waals surface area contributed by atoms with Crippen molar-refractivity contribution in [3.05, 3.63) is 29.8 Å². The molecule has 2 aliphatic heterocycles. The molecule has 1 aromatic rings. The lowest BCUT2D eigenvalue weighted by Crippen LogP contribution is -2.36. The van der Waals surface area contributed by atoms with Crippen LogP contribution in [-0.4, -0.2) is 36.2 Å². The normalized spacial score (nSPS) is 34.3. The van der Waals surface area contributed by atoms with Gasteiger partial charge in [0.2, 0.25) is 0 Å². The van der Waals surface area contributed by atoms with Crippen LogP contribution in [0.15, 0.2) is 24.3 Å². The number of para-hydroxylation sites is 1. The standard InChI is InChI=1S/C16H22N2O/c1-11-8-12(9-18(11)13-6-7-13)17-15-10-19-16-5-3-2-4-14(15)16/h2-5,11-13,15,17H,6-10H2,1H3. The minimum Gasteiger partial charge on any atom is -0.491 e. The molecule has 102 valence electrons. The quantitative estimate of drug-likeness (QED) is 0.900. The second kappa shape index (κ2) is 4.50. The van der Waals surface area contributed by atoms with Crippen LogP contribution in [-0.2, 0) is 0 Å². The smallest absolute Gasteiger partial charge is 0.124 e. The molecule has 0 aromatic heterocycles. The van der Waals surface area contributed by atoms with Crippen LogP contribution in [0.1, 0.15) is 37.8 Å². The van der Waals surface area contributed by atoms with E-state index in [1.807, 2.05) is 6.07 Å². The van der Waals surface area contributed by atoms with Gasteiger partial charge in [-0.2, -0.15) is 0 Å². The van der Waals surface area contributed by atoms with Gasteiger partial charge in [-0.1, -0.05) is 18.2 Å². The van der Waals surface area contributed by atoms with Gasteiger partial charge in [0, 0.05) is 30.2 Å².